The van der Waals surface area contributed by atoms with Crippen molar-refractivity contribution in [3.05, 3.63) is 32.6 Å². The van der Waals surface area contributed by atoms with Crippen LogP contribution in [-0.4, -0.2) is 31.2 Å². The van der Waals surface area contributed by atoms with Crippen LogP contribution in [0.2, 0.25) is 0 Å². The third-order valence-corrected chi connectivity index (χ3v) is 5.43. The number of aromatic nitrogens is 2. The highest BCUT2D eigenvalue weighted by atomic mass is 79.9. The van der Waals surface area contributed by atoms with Gasteiger partial charge in [0.2, 0.25) is 0 Å². The second-order valence-electron chi connectivity index (χ2n) is 3.86. The molecule has 21 heavy (non-hydrogen) atoms. The number of H-pyrrole nitrogens is 1. The second kappa shape index (κ2) is 6.69. The quantitative estimate of drug-likeness (QED) is 0.729. The Labute approximate surface area is 133 Å². The summed E-state index contributed by atoms with van der Waals surface area (Å²) >= 11 is 4.72. The molecular weight excluding hydrogens is 382 g/mol. The Kier molecular flexibility index (Phi) is 5.14. The van der Waals surface area contributed by atoms with Crippen molar-refractivity contribution in [3.63, 3.8) is 0 Å². The number of sulfonamides is 1. The number of esters is 1. The third-order valence-electron chi connectivity index (χ3n) is 2.43. The van der Waals surface area contributed by atoms with Crippen LogP contribution in [0.5, 0.6) is 0 Å². The molecule has 0 unspecified atom stereocenters. The molecule has 0 amide bonds. The van der Waals surface area contributed by atoms with Gasteiger partial charge in [-0.15, -0.1) is 11.3 Å². The van der Waals surface area contributed by atoms with Crippen LogP contribution in [0.3, 0.4) is 0 Å². The number of ether oxygens (including phenoxy) is 1. The summed E-state index contributed by atoms with van der Waals surface area (Å²) in [5, 5.41) is 5.63. The lowest BCUT2D eigenvalue weighted by Gasteiger charge is -2.05. The molecule has 0 spiro atoms. The smallest absolute Gasteiger partial charge is 0.342 e. The number of halogens is 1. The van der Waals surface area contributed by atoms with E-state index >= 15 is 0 Å². The Balaban J connectivity index is 2.16. The van der Waals surface area contributed by atoms with E-state index in [9.17, 15) is 13.2 Å². The van der Waals surface area contributed by atoms with E-state index in [0.29, 0.717) is 0 Å². The van der Waals surface area contributed by atoms with Gasteiger partial charge in [-0.2, -0.15) is 5.10 Å². The SMILES string of the molecule is CCOC(=O)c1cn[nH]c1S(=O)(=O)NCc1ccc(Br)s1. The molecule has 2 aromatic rings. The third kappa shape index (κ3) is 3.90. The van der Waals surface area contributed by atoms with E-state index in [-0.39, 0.29) is 23.7 Å². The zero-order valence-corrected chi connectivity index (χ0v) is 14.1. The van der Waals surface area contributed by atoms with Crippen molar-refractivity contribution in [2.45, 2.75) is 18.5 Å². The maximum absolute atomic E-state index is 12.2. The Morgan fingerprint density at radius 3 is 2.90 bits per heavy atom. The minimum Gasteiger partial charge on any atom is -0.462 e. The first-order chi connectivity index (χ1) is 9.94. The normalized spacial score (nSPS) is 11.5. The Morgan fingerprint density at radius 2 is 2.29 bits per heavy atom. The van der Waals surface area contributed by atoms with E-state index in [4.69, 9.17) is 4.74 Å². The number of aromatic amines is 1. The fourth-order valence-electron chi connectivity index (χ4n) is 1.52. The number of hydrogen-bond acceptors (Lipinski definition) is 6. The lowest BCUT2D eigenvalue weighted by Crippen LogP contribution is -2.25. The molecule has 2 rings (SSSR count). The van der Waals surface area contributed by atoms with Crippen LogP contribution < -0.4 is 4.72 Å². The number of rotatable bonds is 6. The van der Waals surface area contributed by atoms with Crippen molar-refractivity contribution in [1.29, 1.82) is 0 Å². The standard InChI is InChI=1S/C11H12BrN3O4S2/c1-2-19-11(16)8-6-13-15-10(8)21(17,18)14-5-7-3-4-9(12)20-7/h3-4,6,14H,2,5H2,1H3,(H,13,15). The monoisotopic (exact) mass is 393 g/mol. The fraction of sp³-hybridized carbons (Fsp3) is 0.273. The molecule has 0 aliphatic rings. The van der Waals surface area contributed by atoms with Crippen molar-refractivity contribution in [2.24, 2.45) is 0 Å². The minimum absolute atomic E-state index is 0.114. The van der Waals surface area contributed by atoms with Gasteiger partial charge in [-0.25, -0.2) is 17.9 Å². The topological polar surface area (TPSA) is 101 Å². The number of carbonyl (C=O) groups is 1. The van der Waals surface area contributed by atoms with E-state index < -0.39 is 16.0 Å². The molecule has 7 nitrogen and oxygen atoms in total. The van der Waals surface area contributed by atoms with Crippen LogP contribution in [-0.2, 0) is 21.3 Å². The molecular formula is C11H12BrN3O4S2. The Morgan fingerprint density at radius 1 is 1.52 bits per heavy atom. The average Bonchev–Trinajstić information content (AvgIpc) is 3.05. The molecule has 0 saturated heterocycles. The van der Waals surface area contributed by atoms with Gasteiger partial charge in [-0.3, -0.25) is 5.10 Å². The Hall–Kier alpha value is -1.23. The van der Waals surface area contributed by atoms with Crippen LogP contribution in [0.4, 0.5) is 0 Å². The lowest BCUT2D eigenvalue weighted by atomic mass is 10.4. The van der Waals surface area contributed by atoms with Crippen molar-refractivity contribution in [3.8, 4) is 0 Å². The molecule has 0 atom stereocenters. The van der Waals surface area contributed by atoms with Gasteiger partial charge in [0.05, 0.1) is 16.6 Å². The highest BCUT2D eigenvalue weighted by molar-refractivity contribution is 9.11. The van der Waals surface area contributed by atoms with Gasteiger partial charge < -0.3 is 4.74 Å². The molecule has 0 aliphatic carbocycles. The van der Waals surface area contributed by atoms with E-state index in [1.807, 2.05) is 6.07 Å². The molecule has 0 saturated carbocycles. The van der Waals surface area contributed by atoms with Gasteiger partial charge in [0.25, 0.3) is 10.0 Å². The van der Waals surface area contributed by atoms with Gasteiger partial charge in [0, 0.05) is 11.4 Å². The highest BCUT2D eigenvalue weighted by Crippen LogP contribution is 2.22. The lowest BCUT2D eigenvalue weighted by molar-refractivity contribution is 0.0522. The number of nitrogens with zero attached hydrogens (tertiary/aromatic N) is 1. The molecule has 114 valence electrons. The molecule has 0 fully saturated rings. The predicted molar refractivity (Wildman–Crippen MR) is 80.6 cm³/mol. The fourth-order valence-corrected chi connectivity index (χ4v) is 4.12. The average molecular weight is 394 g/mol. The summed E-state index contributed by atoms with van der Waals surface area (Å²) < 4.78 is 32.5. The zero-order valence-electron chi connectivity index (χ0n) is 10.9. The molecule has 2 N–H and O–H groups in total. The van der Waals surface area contributed by atoms with Gasteiger partial charge in [0.15, 0.2) is 5.03 Å². The van der Waals surface area contributed by atoms with Crippen LogP contribution in [0.25, 0.3) is 0 Å². The Bertz CT molecular complexity index is 738. The number of hydrogen-bond donors (Lipinski definition) is 2. The van der Waals surface area contributed by atoms with E-state index in [1.54, 1.807) is 13.0 Å². The van der Waals surface area contributed by atoms with Crippen molar-refractivity contribution < 1.29 is 17.9 Å². The maximum Gasteiger partial charge on any atom is 0.342 e. The molecule has 0 bridgehead atoms. The molecule has 0 aliphatic heterocycles. The summed E-state index contributed by atoms with van der Waals surface area (Å²) in [5.41, 5.74) is -0.114. The van der Waals surface area contributed by atoms with E-state index in [1.165, 1.54) is 11.3 Å². The summed E-state index contributed by atoms with van der Waals surface area (Å²) in [6.07, 6.45) is 1.13. The van der Waals surface area contributed by atoms with E-state index in [2.05, 4.69) is 30.8 Å². The molecule has 0 radical (unpaired) electrons. The van der Waals surface area contributed by atoms with Gasteiger partial charge in [-0.05, 0) is 35.0 Å². The first-order valence-corrected chi connectivity index (χ1v) is 8.97. The van der Waals surface area contributed by atoms with Gasteiger partial charge in [-0.1, -0.05) is 0 Å². The van der Waals surface area contributed by atoms with Gasteiger partial charge >= 0.3 is 5.97 Å². The van der Waals surface area contributed by atoms with Crippen LogP contribution >= 0.6 is 27.3 Å². The molecule has 10 heteroatoms. The summed E-state index contributed by atoms with van der Waals surface area (Å²) in [4.78, 5) is 12.5. The highest BCUT2D eigenvalue weighted by Gasteiger charge is 2.25. The van der Waals surface area contributed by atoms with Crippen molar-refractivity contribution >= 4 is 43.3 Å². The number of nitrogens with one attached hydrogen (secondary N) is 2. The first-order valence-electron chi connectivity index (χ1n) is 5.88. The summed E-state index contributed by atoms with van der Waals surface area (Å²) in [6, 6.07) is 3.63. The van der Waals surface area contributed by atoms with Crippen LogP contribution in [0.1, 0.15) is 22.2 Å². The minimum atomic E-state index is -3.88. The zero-order chi connectivity index (χ0) is 15.5. The molecule has 2 aromatic heterocycles. The van der Waals surface area contributed by atoms with Crippen LogP contribution in [0.15, 0.2) is 27.1 Å². The summed E-state index contributed by atoms with van der Waals surface area (Å²) in [7, 11) is -3.88. The van der Waals surface area contributed by atoms with Crippen molar-refractivity contribution in [1.82, 2.24) is 14.9 Å². The summed E-state index contributed by atoms with van der Waals surface area (Å²) in [6.45, 7) is 1.92. The number of carbonyl (C=O) groups excluding carboxylic acids is 1. The van der Waals surface area contributed by atoms with Crippen LogP contribution in [0, 0.1) is 0 Å². The summed E-state index contributed by atoms with van der Waals surface area (Å²) in [5.74, 6) is -0.731. The molecule has 0 aromatic carbocycles. The largest absolute Gasteiger partial charge is 0.462 e. The van der Waals surface area contributed by atoms with Crippen molar-refractivity contribution in [2.75, 3.05) is 6.61 Å². The number of thiophene rings is 1. The first kappa shape index (κ1) is 16.1. The molecule has 2 heterocycles. The predicted octanol–water partition coefficient (Wildman–Crippen LogP) is 1.89. The maximum atomic E-state index is 12.2. The second-order valence-corrected chi connectivity index (χ2v) is 8.12. The van der Waals surface area contributed by atoms with E-state index in [0.717, 1.165) is 14.9 Å². The van der Waals surface area contributed by atoms with Gasteiger partial charge in [0.1, 0.15) is 5.56 Å².